The van der Waals surface area contributed by atoms with Gasteiger partial charge >= 0.3 is 0 Å². The lowest BCUT2D eigenvalue weighted by atomic mass is 10.00. The highest BCUT2D eigenvalue weighted by molar-refractivity contribution is 7.15. The number of carbonyl (C=O) groups is 1. The Morgan fingerprint density at radius 2 is 1.85 bits per heavy atom. The zero-order valence-corrected chi connectivity index (χ0v) is 15.9. The third-order valence-corrected chi connectivity index (χ3v) is 6.03. The number of amides is 1. The van der Waals surface area contributed by atoms with Crippen molar-refractivity contribution in [2.45, 2.75) is 19.9 Å². The van der Waals surface area contributed by atoms with Gasteiger partial charge < -0.3 is 4.90 Å². The predicted octanol–water partition coefficient (Wildman–Crippen LogP) is 4.57. The van der Waals surface area contributed by atoms with Crippen molar-refractivity contribution in [3.05, 3.63) is 82.5 Å². The molecule has 0 atom stereocenters. The van der Waals surface area contributed by atoms with Crippen LogP contribution in [-0.4, -0.2) is 26.7 Å². The second-order valence-corrected chi connectivity index (χ2v) is 7.85. The molecule has 4 nitrogen and oxygen atoms in total. The van der Waals surface area contributed by atoms with Gasteiger partial charge in [0.1, 0.15) is 5.69 Å². The van der Waals surface area contributed by atoms with Gasteiger partial charge in [-0.1, -0.05) is 54.1 Å². The Balaban J connectivity index is 1.46. The topological polar surface area (TPSA) is 37.6 Å². The summed E-state index contributed by atoms with van der Waals surface area (Å²) in [5, 5.41) is 1.92. The monoisotopic (exact) mass is 373 g/mol. The summed E-state index contributed by atoms with van der Waals surface area (Å²) in [6.45, 7) is 3.50. The van der Waals surface area contributed by atoms with Crippen molar-refractivity contribution in [3.63, 3.8) is 0 Å². The van der Waals surface area contributed by atoms with E-state index in [4.69, 9.17) is 4.98 Å². The molecule has 0 bridgehead atoms. The van der Waals surface area contributed by atoms with Crippen LogP contribution in [0, 0.1) is 6.92 Å². The van der Waals surface area contributed by atoms with Crippen molar-refractivity contribution < 1.29 is 4.79 Å². The van der Waals surface area contributed by atoms with E-state index in [0.29, 0.717) is 12.2 Å². The first-order valence-corrected chi connectivity index (χ1v) is 9.97. The van der Waals surface area contributed by atoms with Gasteiger partial charge in [-0.05, 0) is 24.5 Å². The molecule has 0 aliphatic carbocycles. The lowest BCUT2D eigenvalue weighted by Gasteiger charge is -2.28. The van der Waals surface area contributed by atoms with Crippen molar-refractivity contribution >= 4 is 22.2 Å². The van der Waals surface area contributed by atoms with Gasteiger partial charge in [0.05, 0.1) is 5.69 Å². The van der Waals surface area contributed by atoms with E-state index in [1.807, 2.05) is 26.9 Å². The molecular weight excluding hydrogens is 354 g/mol. The molecule has 1 aliphatic rings. The number of nitrogens with zero attached hydrogens (tertiary/aromatic N) is 3. The van der Waals surface area contributed by atoms with Gasteiger partial charge in [0.2, 0.25) is 0 Å². The van der Waals surface area contributed by atoms with Crippen LogP contribution >= 0.6 is 11.3 Å². The molecule has 2 aromatic carbocycles. The molecule has 3 heterocycles. The molecule has 0 N–H and O–H groups in total. The summed E-state index contributed by atoms with van der Waals surface area (Å²) in [7, 11) is 0. The minimum Gasteiger partial charge on any atom is -0.333 e. The smallest absolute Gasteiger partial charge is 0.272 e. The number of hydrogen-bond acceptors (Lipinski definition) is 3. The minimum absolute atomic E-state index is 0.0728. The van der Waals surface area contributed by atoms with Gasteiger partial charge in [-0.25, -0.2) is 4.98 Å². The normalized spacial score (nSPS) is 13.7. The van der Waals surface area contributed by atoms with E-state index in [1.165, 1.54) is 28.0 Å². The fourth-order valence-electron chi connectivity index (χ4n) is 3.63. The van der Waals surface area contributed by atoms with Crippen LogP contribution in [0.1, 0.15) is 27.2 Å². The summed E-state index contributed by atoms with van der Waals surface area (Å²) in [4.78, 5) is 20.7. The average Bonchev–Trinajstić information content (AvgIpc) is 3.28. The lowest BCUT2D eigenvalue weighted by molar-refractivity contribution is 0.0728. The van der Waals surface area contributed by atoms with Gasteiger partial charge in [0.15, 0.2) is 4.96 Å². The van der Waals surface area contributed by atoms with E-state index in [-0.39, 0.29) is 5.91 Å². The SMILES string of the molecule is Cc1ccc(-c2cn3c(C(=O)N4CCc5ccccc5C4)csc3n2)cc1. The second-order valence-electron chi connectivity index (χ2n) is 7.01. The Bertz CT molecular complexity index is 1140. The van der Waals surface area contributed by atoms with E-state index < -0.39 is 0 Å². The standard InChI is InChI=1S/C22H19N3OS/c1-15-6-8-17(9-7-15)19-13-25-20(14-27-22(25)23-19)21(26)24-11-10-16-4-2-3-5-18(16)12-24/h2-9,13-14H,10-12H2,1H3. The predicted molar refractivity (Wildman–Crippen MR) is 108 cm³/mol. The Kier molecular flexibility index (Phi) is 3.83. The van der Waals surface area contributed by atoms with Crippen LogP contribution in [-0.2, 0) is 13.0 Å². The molecule has 0 fully saturated rings. The number of rotatable bonds is 2. The zero-order chi connectivity index (χ0) is 18.4. The van der Waals surface area contributed by atoms with Crippen molar-refractivity contribution in [2.75, 3.05) is 6.54 Å². The molecule has 1 aliphatic heterocycles. The maximum absolute atomic E-state index is 13.2. The number of imidazole rings is 1. The molecule has 134 valence electrons. The Hall–Kier alpha value is -2.92. The maximum atomic E-state index is 13.2. The summed E-state index contributed by atoms with van der Waals surface area (Å²) >= 11 is 1.51. The molecule has 0 spiro atoms. The first-order chi connectivity index (χ1) is 13.2. The van der Waals surface area contributed by atoms with Crippen LogP contribution < -0.4 is 0 Å². The first-order valence-electron chi connectivity index (χ1n) is 9.09. The molecule has 2 aromatic heterocycles. The van der Waals surface area contributed by atoms with E-state index in [0.717, 1.165) is 29.2 Å². The van der Waals surface area contributed by atoms with Gasteiger partial charge in [-0.15, -0.1) is 11.3 Å². The first kappa shape index (κ1) is 16.3. The molecule has 5 rings (SSSR count). The molecule has 0 unspecified atom stereocenters. The summed E-state index contributed by atoms with van der Waals surface area (Å²) in [5.74, 6) is 0.0728. The van der Waals surface area contributed by atoms with E-state index in [9.17, 15) is 4.79 Å². The van der Waals surface area contributed by atoms with Crippen LogP contribution in [0.5, 0.6) is 0 Å². The number of carbonyl (C=O) groups excluding carboxylic acids is 1. The fraction of sp³-hybridized carbons (Fsp3) is 0.182. The highest BCUT2D eigenvalue weighted by Crippen LogP contribution is 2.26. The fourth-order valence-corrected chi connectivity index (χ4v) is 4.48. The molecule has 0 saturated heterocycles. The van der Waals surface area contributed by atoms with Crippen LogP contribution in [0.15, 0.2) is 60.1 Å². The number of hydrogen-bond donors (Lipinski definition) is 0. The largest absolute Gasteiger partial charge is 0.333 e. The van der Waals surface area contributed by atoms with Crippen LogP contribution in [0.4, 0.5) is 0 Å². The number of fused-ring (bicyclic) bond motifs is 2. The van der Waals surface area contributed by atoms with E-state index >= 15 is 0 Å². The summed E-state index contributed by atoms with van der Waals surface area (Å²) in [6, 6.07) is 16.7. The Morgan fingerprint density at radius 1 is 1.07 bits per heavy atom. The molecule has 1 amide bonds. The quantitative estimate of drug-likeness (QED) is 0.516. The third kappa shape index (κ3) is 2.84. The van der Waals surface area contributed by atoms with Gasteiger partial charge in [0.25, 0.3) is 5.91 Å². The second kappa shape index (κ2) is 6.35. The van der Waals surface area contributed by atoms with E-state index in [2.05, 4.69) is 49.4 Å². The molecule has 0 saturated carbocycles. The lowest BCUT2D eigenvalue weighted by Crippen LogP contribution is -2.36. The Labute approximate surface area is 161 Å². The third-order valence-electron chi connectivity index (χ3n) is 5.19. The number of thiazole rings is 1. The molecule has 27 heavy (non-hydrogen) atoms. The summed E-state index contributed by atoms with van der Waals surface area (Å²) in [6.07, 6.45) is 2.88. The molecular formula is C22H19N3OS. The molecule has 5 heteroatoms. The number of aromatic nitrogens is 2. The highest BCUT2D eigenvalue weighted by atomic mass is 32.1. The van der Waals surface area contributed by atoms with E-state index in [1.54, 1.807) is 0 Å². The highest BCUT2D eigenvalue weighted by Gasteiger charge is 2.24. The van der Waals surface area contributed by atoms with Gasteiger partial charge in [-0.3, -0.25) is 9.20 Å². The van der Waals surface area contributed by atoms with Gasteiger partial charge in [-0.2, -0.15) is 0 Å². The maximum Gasteiger partial charge on any atom is 0.272 e. The Morgan fingerprint density at radius 3 is 2.67 bits per heavy atom. The van der Waals surface area contributed by atoms with Gasteiger partial charge in [0, 0.05) is 30.2 Å². The van der Waals surface area contributed by atoms with Crippen molar-refractivity contribution in [1.29, 1.82) is 0 Å². The van der Waals surface area contributed by atoms with Crippen molar-refractivity contribution in [3.8, 4) is 11.3 Å². The van der Waals surface area contributed by atoms with Crippen LogP contribution in [0.3, 0.4) is 0 Å². The van der Waals surface area contributed by atoms with Crippen LogP contribution in [0.2, 0.25) is 0 Å². The number of benzene rings is 2. The molecule has 0 radical (unpaired) electrons. The van der Waals surface area contributed by atoms with Crippen LogP contribution in [0.25, 0.3) is 16.2 Å². The minimum atomic E-state index is 0.0728. The average molecular weight is 373 g/mol. The zero-order valence-electron chi connectivity index (χ0n) is 15.1. The van der Waals surface area contributed by atoms with Crippen molar-refractivity contribution in [1.82, 2.24) is 14.3 Å². The summed E-state index contributed by atoms with van der Waals surface area (Å²) in [5.41, 5.74) is 6.49. The van der Waals surface area contributed by atoms with Crippen molar-refractivity contribution in [2.24, 2.45) is 0 Å². The summed E-state index contributed by atoms with van der Waals surface area (Å²) < 4.78 is 1.93. The molecule has 4 aromatic rings. The number of aryl methyl sites for hydroxylation is 1.